The van der Waals surface area contributed by atoms with Crippen molar-refractivity contribution in [1.29, 1.82) is 0 Å². The molecule has 0 bridgehead atoms. The standard InChI is InChI=1S/C30H29N5OS/c1-20-11-10-16-25(21(20)2)32-28(36)27-22(3)31-29-33-30(37-19-24-14-8-5-9-15-24)34-35(29)26(27)18-17-23-12-6-4-7-13-23/h4-18,26H,19H2,1-3H3,(H,32,36)(H,31,33,34)/b18-17+. The first-order valence-electron chi connectivity index (χ1n) is 12.2. The highest BCUT2D eigenvalue weighted by atomic mass is 32.2. The molecule has 1 atom stereocenters. The molecule has 6 nitrogen and oxygen atoms in total. The number of benzene rings is 3. The lowest BCUT2D eigenvalue weighted by atomic mass is 10.00. The van der Waals surface area contributed by atoms with Crippen LogP contribution in [0.15, 0.2) is 101 Å². The number of hydrogen-bond acceptors (Lipinski definition) is 5. The molecule has 186 valence electrons. The second-order valence-electron chi connectivity index (χ2n) is 9.02. The van der Waals surface area contributed by atoms with E-state index in [1.807, 2.05) is 99.7 Å². The maximum Gasteiger partial charge on any atom is 0.255 e. The van der Waals surface area contributed by atoms with E-state index in [0.29, 0.717) is 16.7 Å². The van der Waals surface area contributed by atoms with E-state index in [1.54, 1.807) is 16.4 Å². The summed E-state index contributed by atoms with van der Waals surface area (Å²) in [6, 6.07) is 25.8. The summed E-state index contributed by atoms with van der Waals surface area (Å²) in [6.07, 6.45) is 4.04. The Morgan fingerprint density at radius 2 is 1.73 bits per heavy atom. The highest BCUT2D eigenvalue weighted by Gasteiger charge is 2.32. The number of amides is 1. The van der Waals surface area contributed by atoms with Gasteiger partial charge in [0.15, 0.2) is 0 Å². The molecule has 0 saturated carbocycles. The van der Waals surface area contributed by atoms with Gasteiger partial charge in [0.05, 0.1) is 5.57 Å². The third kappa shape index (κ3) is 5.52. The molecule has 0 radical (unpaired) electrons. The Bertz CT molecular complexity index is 1470. The van der Waals surface area contributed by atoms with E-state index in [0.717, 1.165) is 33.8 Å². The first kappa shape index (κ1) is 24.6. The fourth-order valence-electron chi connectivity index (χ4n) is 4.27. The molecule has 1 aliphatic heterocycles. The van der Waals surface area contributed by atoms with Crippen LogP contribution in [0.2, 0.25) is 0 Å². The number of hydrogen-bond donors (Lipinski definition) is 2. The van der Waals surface area contributed by atoms with E-state index >= 15 is 0 Å². The minimum absolute atomic E-state index is 0.166. The zero-order valence-corrected chi connectivity index (χ0v) is 21.9. The van der Waals surface area contributed by atoms with Gasteiger partial charge in [0.2, 0.25) is 11.1 Å². The summed E-state index contributed by atoms with van der Waals surface area (Å²) in [5, 5.41) is 11.9. The number of nitrogens with one attached hydrogen (secondary N) is 2. The highest BCUT2D eigenvalue weighted by molar-refractivity contribution is 7.98. The molecule has 3 aromatic carbocycles. The van der Waals surface area contributed by atoms with Crippen LogP contribution >= 0.6 is 11.8 Å². The molecule has 0 saturated heterocycles. The molecular formula is C30H29N5OS. The lowest BCUT2D eigenvalue weighted by Gasteiger charge is -2.26. The largest absolute Gasteiger partial charge is 0.328 e. The van der Waals surface area contributed by atoms with Crippen LogP contribution in [0.3, 0.4) is 0 Å². The Labute approximate surface area is 221 Å². The molecule has 4 aromatic rings. The predicted molar refractivity (Wildman–Crippen MR) is 151 cm³/mol. The van der Waals surface area contributed by atoms with Crippen molar-refractivity contribution in [2.45, 2.75) is 37.7 Å². The zero-order chi connectivity index (χ0) is 25.8. The fraction of sp³-hybridized carbons (Fsp3) is 0.167. The number of thioether (sulfide) groups is 1. The normalized spacial score (nSPS) is 14.9. The number of carbonyl (C=O) groups excluding carboxylic acids is 1. The van der Waals surface area contributed by atoms with Gasteiger partial charge in [0, 0.05) is 17.1 Å². The van der Waals surface area contributed by atoms with Gasteiger partial charge in [-0.25, -0.2) is 4.68 Å². The highest BCUT2D eigenvalue weighted by Crippen LogP contribution is 2.34. The number of allylic oxidation sites excluding steroid dienone is 2. The number of aromatic nitrogens is 3. The number of aryl methyl sites for hydroxylation is 1. The third-order valence-corrected chi connectivity index (χ3v) is 7.36. The van der Waals surface area contributed by atoms with Crippen LogP contribution in [0.1, 0.15) is 35.2 Å². The van der Waals surface area contributed by atoms with E-state index < -0.39 is 6.04 Å². The number of rotatable bonds is 7. The minimum atomic E-state index is -0.417. The first-order valence-corrected chi connectivity index (χ1v) is 13.2. The molecular weight excluding hydrogens is 478 g/mol. The van der Waals surface area contributed by atoms with Gasteiger partial charge in [-0.05, 0) is 49.1 Å². The molecule has 1 aromatic heterocycles. The van der Waals surface area contributed by atoms with Crippen molar-refractivity contribution >= 4 is 35.4 Å². The molecule has 1 aliphatic rings. The van der Waals surface area contributed by atoms with E-state index in [9.17, 15) is 4.79 Å². The van der Waals surface area contributed by atoms with Gasteiger partial charge in [-0.2, -0.15) is 4.98 Å². The lowest BCUT2D eigenvalue weighted by Crippen LogP contribution is -2.30. The molecule has 1 amide bonds. The van der Waals surface area contributed by atoms with Gasteiger partial charge >= 0.3 is 0 Å². The second kappa shape index (κ2) is 10.9. The fourth-order valence-corrected chi connectivity index (χ4v) is 5.06. The third-order valence-electron chi connectivity index (χ3n) is 6.45. The summed E-state index contributed by atoms with van der Waals surface area (Å²) >= 11 is 1.57. The SMILES string of the molecule is CC1=C(C(=O)Nc2cccc(C)c2C)C(/C=C/c2ccccc2)n2nc(SCc3ccccc3)nc2N1. The van der Waals surface area contributed by atoms with Crippen molar-refractivity contribution in [2.75, 3.05) is 10.6 Å². The number of anilines is 2. The van der Waals surface area contributed by atoms with E-state index in [2.05, 4.69) is 22.8 Å². The van der Waals surface area contributed by atoms with Crippen molar-refractivity contribution in [3.63, 3.8) is 0 Å². The van der Waals surface area contributed by atoms with Crippen LogP contribution in [0.25, 0.3) is 6.08 Å². The summed E-state index contributed by atoms with van der Waals surface area (Å²) in [5.74, 6) is 1.22. The van der Waals surface area contributed by atoms with Gasteiger partial charge in [0.1, 0.15) is 6.04 Å². The lowest BCUT2D eigenvalue weighted by molar-refractivity contribution is -0.113. The van der Waals surface area contributed by atoms with Crippen LogP contribution in [0.5, 0.6) is 0 Å². The molecule has 2 heterocycles. The van der Waals surface area contributed by atoms with Crippen molar-refractivity contribution in [1.82, 2.24) is 14.8 Å². The molecule has 1 unspecified atom stereocenters. The molecule has 0 spiro atoms. The number of carbonyl (C=O) groups is 1. The summed E-state index contributed by atoms with van der Waals surface area (Å²) in [7, 11) is 0. The number of fused-ring (bicyclic) bond motifs is 1. The molecule has 5 rings (SSSR count). The van der Waals surface area contributed by atoms with Crippen molar-refractivity contribution in [3.05, 3.63) is 118 Å². The maximum atomic E-state index is 13.7. The van der Waals surface area contributed by atoms with Crippen molar-refractivity contribution in [2.24, 2.45) is 0 Å². The van der Waals surface area contributed by atoms with Gasteiger partial charge < -0.3 is 10.6 Å². The smallest absolute Gasteiger partial charge is 0.255 e. The van der Waals surface area contributed by atoms with Crippen LogP contribution in [-0.4, -0.2) is 20.7 Å². The van der Waals surface area contributed by atoms with Gasteiger partial charge in [0.25, 0.3) is 5.91 Å². The van der Waals surface area contributed by atoms with Crippen molar-refractivity contribution in [3.8, 4) is 0 Å². The summed E-state index contributed by atoms with van der Waals surface area (Å²) in [5.41, 5.74) is 6.60. The van der Waals surface area contributed by atoms with Crippen LogP contribution in [0.4, 0.5) is 11.6 Å². The van der Waals surface area contributed by atoms with E-state index in [4.69, 9.17) is 10.1 Å². The average molecular weight is 508 g/mol. The molecule has 37 heavy (non-hydrogen) atoms. The van der Waals surface area contributed by atoms with Gasteiger partial charge in [-0.1, -0.05) is 96.7 Å². The minimum Gasteiger partial charge on any atom is -0.328 e. The van der Waals surface area contributed by atoms with Crippen LogP contribution in [0, 0.1) is 13.8 Å². The Morgan fingerprint density at radius 3 is 2.49 bits per heavy atom. The topological polar surface area (TPSA) is 71.8 Å². The molecule has 0 aliphatic carbocycles. The quantitative estimate of drug-likeness (QED) is 0.270. The monoisotopic (exact) mass is 507 g/mol. The van der Waals surface area contributed by atoms with Crippen LogP contribution < -0.4 is 10.6 Å². The van der Waals surface area contributed by atoms with Gasteiger partial charge in [-0.3, -0.25) is 4.79 Å². The summed E-state index contributed by atoms with van der Waals surface area (Å²) in [4.78, 5) is 18.4. The Kier molecular flexibility index (Phi) is 7.23. The van der Waals surface area contributed by atoms with Gasteiger partial charge in [-0.15, -0.1) is 5.10 Å². The predicted octanol–water partition coefficient (Wildman–Crippen LogP) is 6.78. The second-order valence-corrected chi connectivity index (χ2v) is 9.96. The Morgan fingerprint density at radius 1 is 1.00 bits per heavy atom. The maximum absolute atomic E-state index is 13.7. The Balaban J connectivity index is 1.47. The zero-order valence-electron chi connectivity index (χ0n) is 21.1. The summed E-state index contributed by atoms with van der Waals surface area (Å²) < 4.78 is 1.80. The molecule has 0 fully saturated rings. The van der Waals surface area contributed by atoms with Crippen LogP contribution in [-0.2, 0) is 10.5 Å². The van der Waals surface area contributed by atoms with Crippen molar-refractivity contribution < 1.29 is 4.79 Å². The van der Waals surface area contributed by atoms with E-state index in [-0.39, 0.29) is 5.91 Å². The summed E-state index contributed by atoms with van der Waals surface area (Å²) in [6.45, 7) is 5.97. The Hall–Kier alpha value is -4.10. The molecule has 2 N–H and O–H groups in total. The molecule has 7 heteroatoms. The van der Waals surface area contributed by atoms with E-state index in [1.165, 1.54) is 5.56 Å². The average Bonchev–Trinajstić information content (AvgIpc) is 3.32. The number of nitrogens with zero attached hydrogens (tertiary/aromatic N) is 3. The first-order chi connectivity index (χ1) is 18.0.